The third-order valence-electron chi connectivity index (χ3n) is 3.81. The number of aromatic amines is 1. The van der Waals surface area contributed by atoms with Gasteiger partial charge in [-0.2, -0.15) is 5.10 Å². The number of nitrogens with zero attached hydrogens (tertiary/aromatic N) is 2. The number of nitrogens with one attached hydrogen (secondary N) is 2. The van der Waals surface area contributed by atoms with E-state index in [2.05, 4.69) is 31.4 Å². The molecule has 0 bridgehead atoms. The molecular weight excluding hydrogens is 380 g/mol. The van der Waals surface area contributed by atoms with Gasteiger partial charge in [-0.15, -0.1) is 0 Å². The number of rotatable bonds is 3. The van der Waals surface area contributed by atoms with Crippen LogP contribution in [0.2, 0.25) is 0 Å². The van der Waals surface area contributed by atoms with Gasteiger partial charge in [-0.1, -0.05) is 0 Å². The minimum atomic E-state index is -0.358. The predicted octanol–water partition coefficient (Wildman–Crippen LogP) is 1.16. The molecule has 1 aliphatic heterocycles. The van der Waals surface area contributed by atoms with Gasteiger partial charge in [-0.25, -0.2) is 5.10 Å². The number of piperidine rings is 1. The van der Waals surface area contributed by atoms with Crippen molar-refractivity contribution in [1.29, 1.82) is 0 Å². The van der Waals surface area contributed by atoms with Crippen LogP contribution in [0.4, 0.5) is 0 Å². The molecule has 2 amide bonds. The third kappa shape index (κ3) is 3.73. The topological polar surface area (TPSA) is 108 Å². The first-order valence-electron chi connectivity index (χ1n) is 7.44. The Morgan fingerprint density at radius 3 is 2.58 bits per heavy atom. The number of hydrogen-bond acceptors (Lipinski definition) is 5. The number of likely N-dealkylation sites (tertiary alicyclic amines) is 1. The standard InChI is InChI=1S/C15H15BrN4O4/c16-12-3-2-11(24-12)15(23)20-7-5-9(6-8-20)17-14(22)10-1-4-13(21)19-18-10/h1-4,9H,5-8H2,(H,17,22)(H,19,21). The second kappa shape index (κ2) is 7.00. The van der Waals surface area contributed by atoms with Crippen LogP contribution in [0.15, 0.2) is 38.1 Å². The second-order valence-corrected chi connectivity index (χ2v) is 6.23. The summed E-state index contributed by atoms with van der Waals surface area (Å²) in [6.45, 7) is 1.06. The van der Waals surface area contributed by atoms with Gasteiger partial charge in [0, 0.05) is 25.2 Å². The van der Waals surface area contributed by atoms with E-state index in [1.54, 1.807) is 17.0 Å². The fourth-order valence-electron chi connectivity index (χ4n) is 2.54. The van der Waals surface area contributed by atoms with Crippen LogP contribution in [0.25, 0.3) is 0 Å². The minimum absolute atomic E-state index is 0.0429. The molecule has 0 spiro atoms. The maximum absolute atomic E-state index is 12.3. The maximum Gasteiger partial charge on any atom is 0.289 e. The Morgan fingerprint density at radius 2 is 2.00 bits per heavy atom. The zero-order valence-corrected chi connectivity index (χ0v) is 14.2. The van der Waals surface area contributed by atoms with E-state index in [1.165, 1.54) is 12.1 Å². The lowest BCUT2D eigenvalue weighted by Crippen LogP contribution is -2.46. The lowest BCUT2D eigenvalue weighted by atomic mass is 10.0. The van der Waals surface area contributed by atoms with Crippen molar-refractivity contribution in [3.05, 3.63) is 50.7 Å². The molecule has 0 aromatic carbocycles. The summed E-state index contributed by atoms with van der Waals surface area (Å²) < 4.78 is 5.79. The van der Waals surface area contributed by atoms with Crippen LogP contribution in [-0.2, 0) is 0 Å². The number of halogens is 1. The van der Waals surface area contributed by atoms with Crippen molar-refractivity contribution >= 4 is 27.7 Å². The Balaban J connectivity index is 1.53. The van der Waals surface area contributed by atoms with Gasteiger partial charge in [0.25, 0.3) is 17.4 Å². The number of aromatic nitrogens is 2. The van der Waals surface area contributed by atoms with Gasteiger partial charge in [0.05, 0.1) is 0 Å². The number of carbonyl (C=O) groups excluding carboxylic acids is 2. The molecular formula is C15H15BrN4O4. The molecule has 1 fully saturated rings. The number of carbonyl (C=O) groups is 2. The molecule has 1 saturated heterocycles. The summed E-state index contributed by atoms with van der Waals surface area (Å²) in [6, 6.07) is 5.89. The minimum Gasteiger partial charge on any atom is -0.444 e. The lowest BCUT2D eigenvalue weighted by molar-refractivity contribution is 0.0665. The molecule has 2 aromatic heterocycles. The van der Waals surface area contributed by atoms with Crippen molar-refractivity contribution in [1.82, 2.24) is 20.4 Å². The Hall–Kier alpha value is -2.42. The molecule has 24 heavy (non-hydrogen) atoms. The summed E-state index contributed by atoms with van der Waals surface area (Å²) in [5, 5.41) is 8.79. The molecule has 3 heterocycles. The van der Waals surface area contributed by atoms with E-state index in [1.807, 2.05) is 0 Å². The number of furan rings is 1. The van der Waals surface area contributed by atoms with Crippen LogP contribution in [0.1, 0.15) is 33.9 Å². The fourth-order valence-corrected chi connectivity index (χ4v) is 2.85. The molecule has 0 radical (unpaired) electrons. The van der Waals surface area contributed by atoms with Crippen LogP contribution >= 0.6 is 15.9 Å². The monoisotopic (exact) mass is 394 g/mol. The Kier molecular flexibility index (Phi) is 4.79. The van der Waals surface area contributed by atoms with Gasteiger partial charge < -0.3 is 14.6 Å². The quantitative estimate of drug-likeness (QED) is 0.811. The van der Waals surface area contributed by atoms with Crippen LogP contribution < -0.4 is 10.9 Å². The van der Waals surface area contributed by atoms with E-state index in [4.69, 9.17) is 4.42 Å². The highest BCUT2D eigenvalue weighted by atomic mass is 79.9. The van der Waals surface area contributed by atoms with Gasteiger partial charge in [0.15, 0.2) is 10.4 Å². The Bertz CT molecular complexity index is 787. The van der Waals surface area contributed by atoms with E-state index < -0.39 is 0 Å². The van der Waals surface area contributed by atoms with Gasteiger partial charge in [0.2, 0.25) is 0 Å². The van der Waals surface area contributed by atoms with E-state index in [0.717, 1.165) is 0 Å². The SMILES string of the molecule is O=C(NC1CCN(C(=O)c2ccc(Br)o2)CC1)c1ccc(=O)[nH]n1. The molecule has 0 saturated carbocycles. The van der Waals surface area contributed by atoms with Crippen molar-refractivity contribution in [2.24, 2.45) is 0 Å². The van der Waals surface area contributed by atoms with Crippen LogP contribution in [0.5, 0.6) is 0 Å². The number of H-pyrrole nitrogens is 1. The van der Waals surface area contributed by atoms with Gasteiger partial charge in [-0.3, -0.25) is 14.4 Å². The van der Waals surface area contributed by atoms with Crippen LogP contribution in [0, 0.1) is 0 Å². The highest BCUT2D eigenvalue weighted by Crippen LogP contribution is 2.18. The first-order chi connectivity index (χ1) is 11.5. The van der Waals surface area contributed by atoms with E-state index in [9.17, 15) is 14.4 Å². The molecule has 2 aromatic rings. The second-order valence-electron chi connectivity index (χ2n) is 5.45. The van der Waals surface area contributed by atoms with Gasteiger partial charge >= 0.3 is 0 Å². The van der Waals surface area contributed by atoms with E-state index >= 15 is 0 Å². The summed E-state index contributed by atoms with van der Waals surface area (Å²) in [5.74, 6) is -0.208. The summed E-state index contributed by atoms with van der Waals surface area (Å²) in [7, 11) is 0. The normalized spacial score (nSPS) is 15.3. The first-order valence-corrected chi connectivity index (χ1v) is 8.23. The summed E-state index contributed by atoms with van der Waals surface area (Å²) in [4.78, 5) is 37.0. The zero-order valence-electron chi connectivity index (χ0n) is 12.6. The number of amides is 2. The van der Waals surface area contributed by atoms with Crippen molar-refractivity contribution in [3.8, 4) is 0 Å². The van der Waals surface area contributed by atoms with Crippen LogP contribution in [0.3, 0.4) is 0 Å². The third-order valence-corrected chi connectivity index (χ3v) is 4.24. The Morgan fingerprint density at radius 1 is 1.25 bits per heavy atom. The molecule has 2 N–H and O–H groups in total. The summed E-state index contributed by atoms with van der Waals surface area (Å²) >= 11 is 3.17. The van der Waals surface area contributed by atoms with Crippen molar-refractivity contribution in [2.75, 3.05) is 13.1 Å². The molecule has 126 valence electrons. The molecule has 0 aliphatic carbocycles. The first kappa shape index (κ1) is 16.4. The lowest BCUT2D eigenvalue weighted by Gasteiger charge is -2.31. The molecule has 3 rings (SSSR count). The highest BCUT2D eigenvalue weighted by Gasteiger charge is 2.26. The van der Waals surface area contributed by atoms with Crippen molar-refractivity contribution < 1.29 is 14.0 Å². The number of hydrogen-bond donors (Lipinski definition) is 2. The van der Waals surface area contributed by atoms with E-state index in [-0.39, 0.29) is 29.1 Å². The average molecular weight is 395 g/mol. The van der Waals surface area contributed by atoms with Crippen molar-refractivity contribution in [2.45, 2.75) is 18.9 Å². The average Bonchev–Trinajstić information content (AvgIpc) is 3.02. The Labute approximate surface area is 145 Å². The molecule has 8 nitrogen and oxygen atoms in total. The summed E-state index contributed by atoms with van der Waals surface area (Å²) in [6.07, 6.45) is 1.28. The van der Waals surface area contributed by atoms with Gasteiger partial charge in [0.1, 0.15) is 5.69 Å². The molecule has 1 aliphatic rings. The van der Waals surface area contributed by atoms with Gasteiger partial charge in [-0.05, 0) is 47.0 Å². The van der Waals surface area contributed by atoms with Crippen LogP contribution in [-0.4, -0.2) is 46.0 Å². The highest BCUT2D eigenvalue weighted by molar-refractivity contribution is 9.10. The smallest absolute Gasteiger partial charge is 0.289 e. The molecule has 0 atom stereocenters. The molecule has 9 heteroatoms. The van der Waals surface area contributed by atoms with Crippen molar-refractivity contribution in [3.63, 3.8) is 0 Å². The predicted molar refractivity (Wildman–Crippen MR) is 87.7 cm³/mol. The maximum atomic E-state index is 12.3. The fraction of sp³-hybridized carbons (Fsp3) is 0.333. The largest absolute Gasteiger partial charge is 0.444 e. The molecule has 0 unspecified atom stereocenters. The summed E-state index contributed by atoms with van der Waals surface area (Å²) in [5.41, 5.74) is -0.198. The zero-order chi connectivity index (χ0) is 17.1. The van der Waals surface area contributed by atoms with E-state index in [0.29, 0.717) is 36.4 Å².